The van der Waals surface area contributed by atoms with Crippen LogP contribution in [-0.4, -0.2) is 41.3 Å². The zero-order chi connectivity index (χ0) is 22.2. The molecule has 1 amide bonds. The van der Waals surface area contributed by atoms with E-state index in [0.29, 0.717) is 23.0 Å². The summed E-state index contributed by atoms with van der Waals surface area (Å²) in [4.78, 5) is 33.0. The van der Waals surface area contributed by atoms with Gasteiger partial charge < -0.3 is 14.8 Å². The summed E-state index contributed by atoms with van der Waals surface area (Å²) in [6.07, 6.45) is 0. The smallest absolute Gasteiger partial charge is 0.338 e. The monoisotopic (exact) mass is 437 g/mol. The molecule has 160 valence electrons. The van der Waals surface area contributed by atoms with Gasteiger partial charge in [-0.3, -0.25) is 4.79 Å². The van der Waals surface area contributed by atoms with Gasteiger partial charge >= 0.3 is 5.97 Å². The normalized spacial score (nSPS) is 10.4. The predicted molar refractivity (Wildman–Crippen MR) is 121 cm³/mol. The van der Waals surface area contributed by atoms with E-state index in [4.69, 9.17) is 9.47 Å². The molecule has 1 heterocycles. The van der Waals surface area contributed by atoms with Crippen molar-refractivity contribution in [3.8, 4) is 17.0 Å². The van der Waals surface area contributed by atoms with Crippen LogP contribution in [0.5, 0.6) is 5.75 Å². The molecule has 3 aromatic rings. The Bertz CT molecular complexity index is 1050. The Morgan fingerprint density at radius 1 is 1.03 bits per heavy atom. The summed E-state index contributed by atoms with van der Waals surface area (Å²) in [5, 5.41) is 3.33. The first-order valence-electron chi connectivity index (χ1n) is 9.68. The van der Waals surface area contributed by atoms with E-state index in [1.165, 1.54) is 11.8 Å². The molecule has 3 rings (SSSR count). The molecular formula is C23H23N3O4S. The number of hydrogen-bond acceptors (Lipinski definition) is 7. The van der Waals surface area contributed by atoms with E-state index < -0.39 is 0 Å². The Morgan fingerprint density at radius 2 is 1.74 bits per heavy atom. The Balaban J connectivity index is 1.61. The number of ether oxygens (including phenoxy) is 2. The lowest BCUT2D eigenvalue weighted by Gasteiger charge is -2.08. The van der Waals surface area contributed by atoms with Gasteiger partial charge in [0.05, 0.1) is 30.7 Å². The molecule has 0 aliphatic carbocycles. The number of rotatable bonds is 8. The van der Waals surface area contributed by atoms with Crippen LogP contribution in [0.1, 0.15) is 23.0 Å². The number of esters is 1. The number of amides is 1. The minimum atomic E-state index is -0.389. The van der Waals surface area contributed by atoms with Crippen molar-refractivity contribution in [2.24, 2.45) is 0 Å². The fraction of sp³-hybridized carbons (Fsp3) is 0.217. The molecule has 0 saturated carbocycles. The van der Waals surface area contributed by atoms with Gasteiger partial charge in [0.2, 0.25) is 5.91 Å². The highest BCUT2D eigenvalue weighted by Crippen LogP contribution is 2.24. The van der Waals surface area contributed by atoms with Crippen molar-refractivity contribution < 1.29 is 19.1 Å². The quantitative estimate of drug-likeness (QED) is 0.318. The van der Waals surface area contributed by atoms with Gasteiger partial charge in [-0.15, -0.1) is 0 Å². The number of carbonyl (C=O) groups excluding carboxylic acids is 2. The SMILES string of the molecule is CCOC(=O)c1ccc(NC(=O)CSc2nc(C)cc(-c3ccc(OC)cc3)n2)cc1. The number of hydrogen-bond donors (Lipinski definition) is 1. The van der Waals surface area contributed by atoms with Crippen molar-refractivity contribution in [3.63, 3.8) is 0 Å². The number of nitrogens with one attached hydrogen (secondary N) is 1. The van der Waals surface area contributed by atoms with Crippen LogP contribution >= 0.6 is 11.8 Å². The maximum absolute atomic E-state index is 12.3. The third-order valence-corrected chi connectivity index (χ3v) is 5.08. The van der Waals surface area contributed by atoms with E-state index in [1.807, 2.05) is 37.3 Å². The molecule has 0 spiro atoms. The number of methoxy groups -OCH3 is 1. The van der Waals surface area contributed by atoms with E-state index in [9.17, 15) is 9.59 Å². The fourth-order valence-electron chi connectivity index (χ4n) is 2.75. The Kier molecular flexibility index (Phi) is 7.61. The number of thioether (sulfide) groups is 1. The zero-order valence-corrected chi connectivity index (χ0v) is 18.4. The van der Waals surface area contributed by atoms with Crippen molar-refractivity contribution in [1.82, 2.24) is 9.97 Å². The van der Waals surface area contributed by atoms with Crippen LogP contribution in [0.3, 0.4) is 0 Å². The minimum Gasteiger partial charge on any atom is -0.497 e. The first kappa shape index (κ1) is 22.3. The maximum atomic E-state index is 12.3. The standard InChI is InChI=1S/C23H23N3O4S/c1-4-30-22(28)17-5-9-18(10-6-17)25-21(27)14-31-23-24-15(2)13-20(26-23)16-7-11-19(29-3)12-8-16/h5-13H,4,14H2,1-3H3,(H,25,27). The average Bonchev–Trinajstić information content (AvgIpc) is 2.78. The van der Waals surface area contributed by atoms with E-state index in [-0.39, 0.29) is 17.6 Å². The second-order valence-electron chi connectivity index (χ2n) is 6.54. The lowest BCUT2D eigenvalue weighted by atomic mass is 10.1. The first-order chi connectivity index (χ1) is 15.0. The molecule has 0 bridgehead atoms. The van der Waals surface area contributed by atoms with Crippen molar-refractivity contribution >= 4 is 29.3 Å². The molecule has 0 saturated heterocycles. The minimum absolute atomic E-state index is 0.158. The van der Waals surface area contributed by atoms with Gasteiger partial charge in [0, 0.05) is 16.9 Å². The van der Waals surface area contributed by atoms with Crippen LogP contribution in [0, 0.1) is 6.92 Å². The fourth-order valence-corrected chi connectivity index (χ4v) is 3.45. The van der Waals surface area contributed by atoms with Crippen LogP contribution in [0.25, 0.3) is 11.3 Å². The van der Waals surface area contributed by atoms with E-state index in [1.54, 1.807) is 38.3 Å². The Labute approximate surface area is 185 Å². The predicted octanol–water partition coefficient (Wildman–Crippen LogP) is 4.37. The molecule has 0 aliphatic rings. The summed E-state index contributed by atoms with van der Waals surface area (Å²) < 4.78 is 10.1. The van der Waals surface area contributed by atoms with Crippen molar-refractivity contribution in [1.29, 1.82) is 0 Å². The van der Waals surface area contributed by atoms with Gasteiger partial charge in [0.1, 0.15) is 5.75 Å². The van der Waals surface area contributed by atoms with Gasteiger partial charge in [-0.2, -0.15) is 0 Å². The first-order valence-corrected chi connectivity index (χ1v) is 10.7. The van der Waals surface area contributed by atoms with Gasteiger partial charge in [0.25, 0.3) is 0 Å². The molecule has 8 heteroatoms. The third-order valence-electron chi connectivity index (χ3n) is 4.23. The summed E-state index contributed by atoms with van der Waals surface area (Å²) in [6, 6.07) is 16.1. The lowest BCUT2D eigenvalue weighted by Crippen LogP contribution is -2.14. The second-order valence-corrected chi connectivity index (χ2v) is 7.48. The van der Waals surface area contributed by atoms with Crippen molar-refractivity contribution in [3.05, 3.63) is 65.9 Å². The average molecular weight is 438 g/mol. The largest absolute Gasteiger partial charge is 0.497 e. The molecule has 0 fully saturated rings. The van der Waals surface area contributed by atoms with E-state index in [2.05, 4.69) is 15.3 Å². The van der Waals surface area contributed by atoms with Gasteiger partial charge in [-0.25, -0.2) is 14.8 Å². The second kappa shape index (κ2) is 10.6. The molecule has 0 atom stereocenters. The maximum Gasteiger partial charge on any atom is 0.338 e. The summed E-state index contributed by atoms with van der Waals surface area (Å²) in [5.74, 6) is 0.353. The number of benzene rings is 2. The molecule has 0 aliphatic heterocycles. The molecule has 31 heavy (non-hydrogen) atoms. The molecule has 7 nitrogen and oxygen atoms in total. The Morgan fingerprint density at radius 3 is 2.39 bits per heavy atom. The highest BCUT2D eigenvalue weighted by atomic mass is 32.2. The molecule has 1 N–H and O–H groups in total. The van der Waals surface area contributed by atoms with Crippen molar-refractivity contribution in [2.45, 2.75) is 19.0 Å². The van der Waals surface area contributed by atoms with Crippen molar-refractivity contribution in [2.75, 3.05) is 24.8 Å². The van der Waals surface area contributed by atoms with Gasteiger partial charge in [0.15, 0.2) is 5.16 Å². The Hall–Kier alpha value is -3.39. The van der Waals surface area contributed by atoms with E-state index in [0.717, 1.165) is 22.7 Å². The molecule has 2 aromatic carbocycles. The number of aryl methyl sites for hydroxylation is 1. The van der Waals surface area contributed by atoms with Crippen LogP contribution in [0.4, 0.5) is 5.69 Å². The topological polar surface area (TPSA) is 90.4 Å². The highest BCUT2D eigenvalue weighted by Gasteiger charge is 2.10. The molecule has 0 radical (unpaired) electrons. The van der Waals surface area contributed by atoms with Crippen LogP contribution in [-0.2, 0) is 9.53 Å². The summed E-state index contributed by atoms with van der Waals surface area (Å²) in [7, 11) is 1.62. The van der Waals surface area contributed by atoms with Crippen LogP contribution in [0.15, 0.2) is 59.8 Å². The number of carbonyl (C=O) groups is 2. The summed E-state index contributed by atoms with van der Waals surface area (Å²) >= 11 is 1.26. The third kappa shape index (κ3) is 6.29. The number of aromatic nitrogens is 2. The lowest BCUT2D eigenvalue weighted by molar-refractivity contribution is -0.113. The summed E-state index contributed by atoms with van der Waals surface area (Å²) in [6.45, 7) is 3.96. The summed E-state index contributed by atoms with van der Waals surface area (Å²) in [5.41, 5.74) is 3.58. The number of anilines is 1. The number of nitrogens with zero attached hydrogens (tertiary/aromatic N) is 2. The van der Waals surface area contributed by atoms with Gasteiger partial charge in [-0.05, 0) is 68.4 Å². The van der Waals surface area contributed by atoms with E-state index >= 15 is 0 Å². The molecule has 0 unspecified atom stereocenters. The highest BCUT2D eigenvalue weighted by molar-refractivity contribution is 7.99. The van der Waals surface area contributed by atoms with Gasteiger partial charge in [-0.1, -0.05) is 11.8 Å². The van der Waals surface area contributed by atoms with Crippen LogP contribution < -0.4 is 10.1 Å². The zero-order valence-electron chi connectivity index (χ0n) is 17.5. The molecular weight excluding hydrogens is 414 g/mol. The van der Waals surface area contributed by atoms with Crippen LogP contribution in [0.2, 0.25) is 0 Å². The molecule has 1 aromatic heterocycles.